The molecule has 10 nitrogen and oxygen atoms in total. The second-order valence-electron chi connectivity index (χ2n) is 16.9. The lowest BCUT2D eigenvalue weighted by molar-refractivity contribution is -0.138. The van der Waals surface area contributed by atoms with Gasteiger partial charge in [-0.05, 0) is 80.2 Å². The number of amides is 2. The van der Waals surface area contributed by atoms with Crippen molar-refractivity contribution in [2.75, 3.05) is 11.9 Å². The van der Waals surface area contributed by atoms with Crippen molar-refractivity contribution in [3.63, 3.8) is 0 Å². The van der Waals surface area contributed by atoms with Gasteiger partial charge in [-0.3, -0.25) is 9.59 Å². The van der Waals surface area contributed by atoms with Gasteiger partial charge < -0.3 is 31.5 Å². The van der Waals surface area contributed by atoms with E-state index in [0.29, 0.717) is 43.7 Å². The Morgan fingerprint density at radius 3 is 1.47 bits per heavy atom. The number of halogens is 2. The van der Waals surface area contributed by atoms with E-state index in [4.69, 9.17) is 9.98 Å². The molecule has 1 heterocycles. The Kier molecular flexibility index (Phi) is 18.1. The van der Waals surface area contributed by atoms with E-state index < -0.39 is 6.04 Å². The number of nitrogens with zero attached hydrogens (tertiary/aromatic N) is 3. The molecule has 12 heteroatoms. The first kappa shape index (κ1) is 44.6. The topological polar surface area (TPSA) is 122 Å². The van der Waals surface area contributed by atoms with Gasteiger partial charge in [0.25, 0.3) is 0 Å². The Bertz CT molecular complexity index is 1550. The number of aliphatic imine (C=N–C) groups is 2. The summed E-state index contributed by atoms with van der Waals surface area (Å²) in [6.07, 6.45) is 25.1. The number of benzene rings is 2. The Morgan fingerprint density at radius 1 is 0.561 bits per heavy atom. The van der Waals surface area contributed by atoms with E-state index in [2.05, 4.69) is 38.7 Å². The molecule has 314 valence electrons. The molecule has 0 spiro atoms. The first-order valence-corrected chi connectivity index (χ1v) is 22.0. The van der Waals surface area contributed by atoms with E-state index in [1.807, 2.05) is 36.4 Å². The predicted molar refractivity (Wildman–Crippen MR) is 238 cm³/mol. The smallest absolute Gasteiger partial charge is 0.247 e. The second-order valence-corrected chi connectivity index (χ2v) is 16.9. The van der Waals surface area contributed by atoms with E-state index in [9.17, 15) is 9.59 Å². The standard InChI is InChI=1S/C45H66N8O2.2ClH/c54-42(31-47-45(51-38-21-9-3-10-22-38)52-39-23-11-4-12-24-39)53-32-35-16-14-13-15-34(35)29-41(53)43(55)48-40-27-25-33(26-28-40)30-46-44(49-36-17-5-1-6-18-36)50-37-19-7-2-8-20-37;;/h13-16,25-28,36-39,41H,1-12,17-24,29-32H2,(H,48,55)(H2,46,49,50)(H2,47,51,52);2*1H. The number of anilines is 1. The third kappa shape index (κ3) is 13.5. The molecule has 7 rings (SSSR count). The van der Waals surface area contributed by atoms with E-state index in [0.717, 1.165) is 60.0 Å². The fraction of sp³-hybridized carbons (Fsp3) is 0.644. The monoisotopic (exact) mass is 822 g/mol. The maximum Gasteiger partial charge on any atom is 0.247 e. The Labute approximate surface area is 353 Å². The summed E-state index contributed by atoms with van der Waals surface area (Å²) in [5.41, 5.74) is 4.01. The number of hydrogen-bond donors (Lipinski definition) is 5. The number of hydrogen-bond acceptors (Lipinski definition) is 4. The van der Waals surface area contributed by atoms with Crippen molar-refractivity contribution in [3.8, 4) is 0 Å². The van der Waals surface area contributed by atoms with Crippen LogP contribution < -0.4 is 26.6 Å². The summed E-state index contributed by atoms with van der Waals surface area (Å²) < 4.78 is 0. The number of carbonyl (C=O) groups excluding carboxylic acids is 2. The number of carbonyl (C=O) groups is 2. The molecule has 57 heavy (non-hydrogen) atoms. The Morgan fingerprint density at radius 2 is 1.00 bits per heavy atom. The minimum atomic E-state index is -0.623. The third-order valence-electron chi connectivity index (χ3n) is 12.7. The molecule has 4 fully saturated rings. The number of fused-ring (bicyclic) bond motifs is 1. The lowest BCUT2D eigenvalue weighted by Crippen LogP contribution is -2.52. The Hall–Kier alpha value is -3.50. The molecule has 0 aromatic heterocycles. The van der Waals surface area contributed by atoms with Crippen LogP contribution >= 0.6 is 24.8 Å². The zero-order chi connectivity index (χ0) is 37.7. The Balaban J connectivity index is 0.00000310. The van der Waals surface area contributed by atoms with Crippen LogP contribution in [0.25, 0.3) is 0 Å². The summed E-state index contributed by atoms with van der Waals surface area (Å²) >= 11 is 0. The average molecular weight is 824 g/mol. The molecular formula is C45H68Cl2N8O2. The van der Waals surface area contributed by atoms with Crippen molar-refractivity contribution in [2.45, 2.75) is 178 Å². The van der Waals surface area contributed by atoms with Crippen LogP contribution in [-0.4, -0.2) is 65.4 Å². The summed E-state index contributed by atoms with van der Waals surface area (Å²) in [5.74, 6) is 1.38. The van der Waals surface area contributed by atoms with Gasteiger partial charge in [0.2, 0.25) is 11.8 Å². The van der Waals surface area contributed by atoms with E-state index in [-0.39, 0.29) is 43.2 Å². The van der Waals surface area contributed by atoms with Gasteiger partial charge in [0, 0.05) is 42.8 Å². The van der Waals surface area contributed by atoms with Gasteiger partial charge >= 0.3 is 0 Å². The van der Waals surface area contributed by atoms with Crippen molar-refractivity contribution in [1.82, 2.24) is 26.2 Å². The summed E-state index contributed by atoms with van der Waals surface area (Å²) in [7, 11) is 0. The number of nitrogens with one attached hydrogen (secondary N) is 5. The molecule has 0 saturated heterocycles. The van der Waals surface area contributed by atoms with Crippen LogP contribution in [0, 0.1) is 0 Å². The van der Waals surface area contributed by atoms with Gasteiger partial charge in [-0.25, -0.2) is 9.98 Å². The summed E-state index contributed by atoms with van der Waals surface area (Å²) in [4.78, 5) is 39.7. The van der Waals surface area contributed by atoms with E-state index in [1.165, 1.54) is 103 Å². The van der Waals surface area contributed by atoms with Crippen molar-refractivity contribution < 1.29 is 9.59 Å². The van der Waals surface area contributed by atoms with Crippen LogP contribution in [0.3, 0.4) is 0 Å². The van der Waals surface area contributed by atoms with Gasteiger partial charge in [-0.15, -0.1) is 24.8 Å². The molecule has 2 aromatic carbocycles. The summed E-state index contributed by atoms with van der Waals surface area (Å²) in [6.45, 7) is 0.967. The molecule has 1 unspecified atom stereocenters. The molecule has 5 aliphatic rings. The molecule has 1 atom stereocenters. The molecule has 0 bridgehead atoms. The highest BCUT2D eigenvalue weighted by molar-refractivity contribution is 5.98. The predicted octanol–water partition coefficient (Wildman–Crippen LogP) is 8.32. The maximum absolute atomic E-state index is 14.0. The zero-order valence-corrected chi connectivity index (χ0v) is 35.6. The zero-order valence-electron chi connectivity index (χ0n) is 34.0. The lowest BCUT2D eigenvalue weighted by Gasteiger charge is -2.36. The fourth-order valence-corrected chi connectivity index (χ4v) is 9.37. The van der Waals surface area contributed by atoms with Crippen LogP contribution in [0.2, 0.25) is 0 Å². The van der Waals surface area contributed by atoms with Crippen molar-refractivity contribution in [3.05, 3.63) is 65.2 Å². The first-order chi connectivity index (χ1) is 27.1. The molecule has 4 saturated carbocycles. The second kappa shape index (κ2) is 23.2. The van der Waals surface area contributed by atoms with Gasteiger partial charge in [0.1, 0.15) is 12.6 Å². The van der Waals surface area contributed by atoms with Crippen LogP contribution in [-0.2, 0) is 29.1 Å². The van der Waals surface area contributed by atoms with Crippen molar-refractivity contribution in [1.29, 1.82) is 0 Å². The number of guanidine groups is 2. The van der Waals surface area contributed by atoms with Crippen LogP contribution in [0.15, 0.2) is 58.5 Å². The maximum atomic E-state index is 14.0. The largest absolute Gasteiger partial charge is 0.354 e. The fourth-order valence-electron chi connectivity index (χ4n) is 9.37. The molecule has 5 N–H and O–H groups in total. The van der Waals surface area contributed by atoms with E-state index >= 15 is 0 Å². The normalized spacial score (nSPS) is 20.7. The lowest BCUT2D eigenvalue weighted by atomic mass is 9.93. The minimum Gasteiger partial charge on any atom is -0.354 e. The summed E-state index contributed by atoms with van der Waals surface area (Å²) in [5, 5.41) is 18.0. The molecular weight excluding hydrogens is 755 g/mol. The minimum absolute atomic E-state index is 0. The van der Waals surface area contributed by atoms with E-state index in [1.54, 1.807) is 4.90 Å². The highest BCUT2D eigenvalue weighted by Gasteiger charge is 2.35. The van der Waals surface area contributed by atoms with Gasteiger partial charge in [0.15, 0.2) is 11.9 Å². The SMILES string of the molecule is Cl.Cl.O=C(Nc1ccc(CN=C(NC2CCCCC2)NC2CCCCC2)cc1)C1Cc2ccccc2CN1C(=O)CN=C(NC1CCCCC1)NC1CCCCC1. The molecule has 0 radical (unpaired) electrons. The molecule has 2 amide bonds. The van der Waals surface area contributed by atoms with Gasteiger partial charge in [0.05, 0.1) is 6.54 Å². The third-order valence-corrected chi connectivity index (χ3v) is 12.7. The van der Waals surface area contributed by atoms with Crippen molar-refractivity contribution >= 4 is 54.2 Å². The highest BCUT2D eigenvalue weighted by atomic mass is 35.5. The summed E-state index contributed by atoms with van der Waals surface area (Å²) in [6, 6.07) is 17.3. The quantitative estimate of drug-likeness (QED) is 0.121. The molecule has 2 aromatic rings. The number of rotatable bonds is 10. The van der Waals surface area contributed by atoms with Crippen molar-refractivity contribution in [2.24, 2.45) is 9.98 Å². The van der Waals surface area contributed by atoms with Crippen LogP contribution in [0.1, 0.15) is 145 Å². The molecule has 1 aliphatic heterocycles. The van der Waals surface area contributed by atoms with Crippen LogP contribution in [0.4, 0.5) is 5.69 Å². The van der Waals surface area contributed by atoms with Gasteiger partial charge in [-0.1, -0.05) is 113 Å². The first-order valence-electron chi connectivity index (χ1n) is 22.0. The molecule has 4 aliphatic carbocycles. The van der Waals surface area contributed by atoms with Gasteiger partial charge in [-0.2, -0.15) is 0 Å². The van der Waals surface area contributed by atoms with Crippen LogP contribution in [0.5, 0.6) is 0 Å². The average Bonchev–Trinajstić information content (AvgIpc) is 3.23. The highest BCUT2D eigenvalue weighted by Crippen LogP contribution is 2.26.